The van der Waals surface area contributed by atoms with Gasteiger partial charge in [-0.05, 0) is 41.1 Å². The smallest absolute Gasteiger partial charge is 0.149 e. The first-order valence-corrected chi connectivity index (χ1v) is 5.92. The van der Waals surface area contributed by atoms with Crippen LogP contribution in [0.3, 0.4) is 0 Å². The Balaban J connectivity index is 2.62. The number of hydrogen-bond donors (Lipinski definition) is 1. The highest BCUT2D eigenvalue weighted by Gasteiger charge is 2.14. The molecule has 0 aliphatic carbocycles. The molecular weight excluding hydrogens is 320 g/mol. The molecule has 2 N–H and O–H groups in total. The number of benzene rings is 1. The van der Waals surface area contributed by atoms with E-state index in [1.54, 1.807) is 18.5 Å². The third kappa shape index (κ3) is 2.10. The lowest BCUT2D eigenvalue weighted by molar-refractivity contribution is 0.603. The molecule has 0 saturated carbocycles. The van der Waals surface area contributed by atoms with Crippen LogP contribution in [0.15, 0.2) is 30.6 Å². The molecule has 16 heavy (non-hydrogen) atoms. The zero-order valence-electron chi connectivity index (χ0n) is 8.69. The van der Waals surface area contributed by atoms with Crippen LogP contribution in [0.4, 0.5) is 4.39 Å². The van der Waals surface area contributed by atoms with Gasteiger partial charge >= 0.3 is 0 Å². The summed E-state index contributed by atoms with van der Waals surface area (Å²) in [7, 11) is 0. The average Bonchev–Trinajstić information content (AvgIpc) is 2.64. The van der Waals surface area contributed by atoms with Crippen LogP contribution >= 0.6 is 22.6 Å². The Morgan fingerprint density at radius 1 is 1.50 bits per heavy atom. The maximum Gasteiger partial charge on any atom is 0.149 e. The van der Waals surface area contributed by atoms with Crippen molar-refractivity contribution in [1.82, 2.24) is 9.78 Å². The van der Waals surface area contributed by atoms with E-state index in [4.69, 9.17) is 5.73 Å². The molecular formula is C11H11FIN3. The Morgan fingerprint density at radius 2 is 2.25 bits per heavy atom. The van der Waals surface area contributed by atoms with E-state index < -0.39 is 0 Å². The number of aromatic nitrogens is 2. The number of para-hydroxylation sites is 1. The molecule has 0 aliphatic heterocycles. The molecule has 0 amide bonds. The van der Waals surface area contributed by atoms with Crippen LogP contribution < -0.4 is 5.73 Å². The molecule has 0 spiro atoms. The third-order valence-electron chi connectivity index (χ3n) is 2.29. The first kappa shape index (κ1) is 11.5. The largest absolute Gasteiger partial charge is 0.324 e. The lowest BCUT2D eigenvalue weighted by Gasteiger charge is -2.13. The summed E-state index contributed by atoms with van der Waals surface area (Å²) < 4.78 is 16.3. The summed E-state index contributed by atoms with van der Waals surface area (Å²) in [5.41, 5.74) is 7.00. The standard InChI is InChI=1S/C11H11FIN3/c1-7(14)9-3-2-4-10(12)11(9)16-6-8(13)5-15-16/h2-7H,14H2,1H3. The molecule has 2 aromatic rings. The van der Waals surface area contributed by atoms with E-state index in [1.165, 1.54) is 10.7 Å². The Hall–Kier alpha value is -0.950. The van der Waals surface area contributed by atoms with Crippen LogP contribution in [0.25, 0.3) is 5.69 Å². The SMILES string of the molecule is CC(N)c1cccc(F)c1-n1cc(I)cn1. The van der Waals surface area contributed by atoms with E-state index in [0.29, 0.717) is 5.69 Å². The Bertz CT molecular complexity index is 508. The van der Waals surface area contributed by atoms with Gasteiger partial charge in [0.05, 0.1) is 9.77 Å². The summed E-state index contributed by atoms with van der Waals surface area (Å²) in [6.45, 7) is 1.83. The van der Waals surface area contributed by atoms with Gasteiger partial charge in [-0.25, -0.2) is 9.07 Å². The minimum atomic E-state index is -0.311. The topological polar surface area (TPSA) is 43.8 Å². The highest BCUT2D eigenvalue weighted by molar-refractivity contribution is 14.1. The van der Waals surface area contributed by atoms with E-state index in [9.17, 15) is 4.39 Å². The third-order valence-corrected chi connectivity index (χ3v) is 2.85. The van der Waals surface area contributed by atoms with E-state index in [0.717, 1.165) is 9.13 Å². The maximum atomic E-state index is 13.8. The zero-order chi connectivity index (χ0) is 11.7. The van der Waals surface area contributed by atoms with Crippen LogP contribution in [0.1, 0.15) is 18.5 Å². The van der Waals surface area contributed by atoms with Gasteiger partial charge in [-0.1, -0.05) is 12.1 Å². The van der Waals surface area contributed by atoms with Gasteiger partial charge in [-0.2, -0.15) is 5.10 Å². The number of hydrogen-bond acceptors (Lipinski definition) is 2. The van der Waals surface area contributed by atoms with Crippen LogP contribution in [0, 0.1) is 9.39 Å². The lowest BCUT2D eigenvalue weighted by atomic mass is 10.1. The van der Waals surface area contributed by atoms with Gasteiger partial charge in [0.1, 0.15) is 11.5 Å². The van der Waals surface area contributed by atoms with Gasteiger partial charge in [0.25, 0.3) is 0 Å². The summed E-state index contributed by atoms with van der Waals surface area (Å²) in [6, 6.07) is 4.66. The summed E-state index contributed by atoms with van der Waals surface area (Å²) in [6.07, 6.45) is 3.45. The molecule has 0 saturated heterocycles. The molecule has 1 aromatic carbocycles. The Labute approximate surface area is 107 Å². The maximum absolute atomic E-state index is 13.8. The molecule has 84 valence electrons. The fraction of sp³-hybridized carbons (Fsp3) is 0.182. The highest BCUT2D eigenvalue weighted by atomic mass is 127. The quantitative estimate of drug-likeness (QED) is 0.860. The molecule has 1 aromatic heterocycles. The molecule has 2 rings (SSSR count). The first-order valence-electron chi connectivity index (χ1n) is 4.84. The molecule has 0 bridgehead atoms. The number of nitrogens with two attached hydrogens (primary N) is 1. The van der Waals surface area contributed by atoms with Gasteiger partial charge in [-0.15, -0.1) is 0 Å². The van der Waals surface area contributed by atoms with E-state index in [2.05, 4.69) is 27.7 Å². The second kappa shape index (κ2) is 4.50. The average molecular weight is 331 g/mol. The predicted octanol–water partition coefficient (Wildman–Crippen LogP) is 2.64. The molecule has 0 radical (unpaired) electrons. The molecule has 0 fully saturated rings. The minimum absolute atomic E-state index is 0.229. The summed E-state index contributed by atoms with van der Waals surface area (Å²) in [5.74, 6) is -0.311. The van der Waals surface area contributed by atoms with Gasteiger partial charge in [-0.3, -0.25) is 0 Å². The summed E-state index contributed by atoms with van der Waals surface area (Å²) in [5, 5.41) is 4.10. The van der Waals surface area contributed by atoms with Crippen LogP contribution in [0.2, 0.25) is 0 Å². The number of rotatable bonds is 2. The van der Waals surface area contributed by atoms with Gasteiger partial charge in [0.15, 0.2) is 0 Å². The lowest BCUT2D eigenvalue weighted by Crippen LogP contribution is -2.11. The van der Waals surface area contributed by atoms with Crippen LogP contribution in [-0.4, -0.2) is 9.78 Å². The van der Waals surface area contributed by atoms with Crippen molar-refractivity contribution in [2.45, 2.75) is 13.0 Å². The summed E-state index contributed by atoms with van der Waals surface area (Å²) >= 11 is 2.13. The summed E-state index contributed by atoms with van der Waals surface area (Å²) in [4.78, 5) is 0. The van der Waals surface area contributed by atoms with Gasteiger partial charge in [0, 0.05) is 12.2 Å². The zero-order valence-corrected chi connectivity index (χ0v) is 10.8. The van der Waals surface area contributed by atoms with E-state index >= 15 is 0 Å². The van der Waals surface area contributed by atoms with Crippen molar-refractivity contribution < 1.29 is 4.39 Å². The second-order valence-electron chi connectivity index (χ2n) is 3.57. The monoisotopic (exact) mass is 331 g/mol. The molecule has 0 aliphatic rings. The number of halogens is 2. The van der Waals surface area contributed by atoms with E-state index in [-0.39, 0.29) is 11.9 Å². The first-order chi connectivity index (χ1) is 7.59. The van der Waals surface area contributed by atoms with Crippen molar-refractivity contribution in [2.24, 2.45) is 5.73 Å². The van der Waals surface area contributed by atoms with Crippen molar-refractivity contribution in [3.63, 3.8) is 0 Å². The second-order valence-corrected chi connectivity index (χ2v) is 4.82. The van der Waals surface area contributed by atoms with Gasteiger partial charge in [0.2, 0.25) is 0 Å². The van der Waals surface area contributed by atoms with Crippen molar-refractivity contribution in [3.8, 4) is 5.69 Å². The van der Waals surface area contributed by atoms with Crippen molar-refractivity contribution in [3.05, 3.63) is 45.5 Å². The minimum Gasteiger partial charge on any atom is -0.324 e. The Kier molecular flexibility index (Phi) is 3.25. The normalized spacial score (nSPS) is 12.8. The molecule has 1 heterocycles. The molecule has 3 nitrogen and oxygen atoms in total. The van der Waals surface area contributed by atoms with Crippen LogP contribution in [0.5, 0.6) is 0 Å². The fourth-order valence-corrected chi connectivity index (χ4v) is 1.95. The van der Waals surface area contributed by atoms with Crippen LogP contribution in [-0.2, 0) is 0 Å². The Morgan fingerprint density at radius 3 is 2.81 bits per heavy atom. The van der Waals surface area contributed by atoms with Crippen molar-refractivity contribution in [1.29, 1.82) is 0 Å². The van der Waals surface area contributed by atoms with Gasteiger partial charge < -0.3 is 5.73 Å². The highest BCUT2D eigenvalue weighted by Crippen LogP contribution is 2.23. The molecule has 1 atom stereocenters. The molecule has 1 unspecified atom stereocenters. The molecule has 5 heteroatoms. The van der Waals surface area contributed by atoms with E-state index in [1.807, 2.05) is 13.0 Å². The fourth-order valence-electron chi connectivity index (χ4n) is 1.56. The predicted molar refractivity (Wildman–Crippen MR) is 68.8 cm³/mol. The van der Waals surface area contributed by atoms with Crippen molar-refractivity contribution in [2.75, 3.05) is 0 Å². The number of nitrogens with zero attached hydrogens (tertiary/aromatic N) is 2. The van der Waals surface area contributed by atoms with Crippen molar-refractivity contribution >= 4 is 22.6 Å².